The smallest absolute Gasteiger partial charge is 0.332 e. The van der Waals surface area contributed by atoms with Gasteiger partial charge in [-0.05, 0) is 49.3 Å². The van der Waals surface area contributed by atoms with E-state index < -0.39 is 5.69 Å². The summed E-state index contributed by atoms with van der Waals surface area (Å²) in [5.41, 5.74) is 1.69. The van der Waals surface area contributed by atoms with Crippen LogP contribution in [0.1, 0.15) is 38.2 Å². The van der Waals surface area contributed by atoms with E-state index in [1.165, 1.54) is 9.13 Å². The zero-order chi connectivity index (χ0) is 24.7. The second kappa shape index (κ2) is 9.09. The summed E-state index contributed by atoms with van der Waals surface area (Å²) in [6.07, 6.45) is 5.11. The molecule has 3 aromatic heterocycles. The van der Waals surface area contributed by atoms with E-state index in [2.05, 4.69) is 15.3 Å². The molecule has 1 aliphatic carbocycles. The Hall–Kier alpha value is -3.82. The van der Waals surface area contributed by atoms with Gasteiger partial charge in [-0.1, -0.05) is 18.6 Å². The third-order valence-corrected chi connectivity index (χ3v) is 6.95. The van der Waals surface area contributed by atoms with Gasteiger partial charge in [0.25, 0.3) is 5.56 Å². The number of fused-ring (bicyclic) bond motifs is 2. The highest BCUT2D eigenvalue weighted by molar-refractivity contribution is 5.80. The van der Waals surface area contributed by atoms with Crippen LogP contribution in [0.5, 0.6) is 0 Å². The van der Waals surface area contributed by atoms with Gasteiger partial charge in [0.15, 0.2) is 11.2 Å². The zero-order valence-electron chi connectivity index (χ0n) is 20.2. The number of aryl methyl sites for hydroxylation is 2. The quantitative estimate of drug-likeness (QED) is 0.412. The molecule has 2 atom stereocenters. The average molecular weight is 479 g/mol. The maximum atomic E-state index is 13.5. The lowest BCUT2D eigenvalue weighted by molar-refractivity contribution is -0.149. The van der Waals surface area contributed by atoms with Crippen LogP contribution in [0.4, 0.5) is 5.95 Å². The van der Waals surface area contributed by atoms with Crippen molar-refractivity contribution < 1.29 is 9.53 Å². The fourth-order valence-electron chi connectivity index (χ4n) is 5.07. The molecule has 0 bridgehead atoms. The molecule has 0 amide bonds. The topological polar surface area (TPSA) is 116 Å². The zero-order valence-corrected chi connectivity index (χ0v) is 20.2. The van der Waals surface area contributed by atoms with Gasteiger partial charge >= 0.3 is 11.7 Å². The number of esters is 1. The minimum Gasteiger partial charge on any atom is -0.466 e. The van der Waals surface area contributed by atoms with Gasteiger partial charge in [0.1, 0.15) is 0 Å². The number of hydrogen-bond acceptors (Lipinski definition) is 6. The average Bonchev–Trinajstić information content (AvgIpc) is 3.45. The SMILES string of the molecule is CCOC(=O)C1CCCC(Nc2nc3c(c(=O)n(Cc4ccc5cc[nH]c5c4)c(=O)n3C)n2C)C1. The molecule has 0 aliphatic heterocycles. The first kappa shape index (κ1) is 22.9. The summed E-state index contributed by atoms with van der Waals surface area (Å²) < 4.78 is 9.57. The molecule has 1 fully saturated rings. The second-order valence-corrected chi connectivity index (χ2v) is 9.26. The summed E-state index contributed by atoms with van der Waals surface area (Å²) in [5.74, 6) is 0.202. The van der Waals surface area contributed by atoms with E-state index in [1.807, 2.05) is 37.4 Å². The Balaban J connectivity index is 1.47. The number of carbonyl (C=O) groups excluding carboxylic acids is 1. The fourth-order valence-corrected chi connectivity index (χ4v) is 5.07. The number of aromatic amines is 1. The van der Waals surface area contributed by atoms with Crippen LogP contribution in [0.3, 0.4) is 0 Å². The van der Waals surface area contributed by atoms with Crippen LogP contribution in [-0.4, -0.2) is 42.3 Å². The lowest BCUT2D eigenvalue weighted by Crippen LogP contribution is -2.39. The third kappa shape index (κ3) is 4.13. The summed E-state index contributed by atoms with van der Waals surface area (Å²) in [5, 5.41) is 4.47. The van der Waals surface area contributed by atoms with Gasteiger partial charge in [-0.3, -0.25) is 18.7 Å². The van der Waals surface area contributed by atoms with Crippen molar-refractivity contribution in [3.63, 3.8) is 0 Å². The lowest BCUT2D eigenvalue weighted by atomic mass is 9.86. The van der Waals surface area contributed by atoms with E-state index in [1.54, 1.807) is 18.7 Å². The number of nitrogens with zero attached hydrogens (tertiary/aromatic N) is 4. The molecule has 2 unspecified atom stereocenters. The highest BCUT2D eigenvalue weighted by atomic mass is 16.5. The second-order valence-electron chi connectivity index (χ2n) is 9.26. The molecule has 1 saturated carbocycles. The van der Waals surface area contributed by atoms with E-state index in [-0.39, 0.29) is 30.0 Å². The summed E-state index contributed by atoms with van der Waals surface area (Å²) in [6.45, 7) is 2.34. The molecule has 2 N–H and O–H groups in total. The van der Waals surface area contributed by atoms with Crippen LogP contribution in [-0.2, 0) is 30.2 Å². The normalized spacial score (nSPS) is 18.3. The predicted octanol–water partition coefficient (Wildman–Crippen LogP) is 2.50. The van der Waals surface area contributed by atoms with Gasteiger partial charge in [-0.2, -0.15) is 4.98 Å². The van der Waals surface area contributed by atoms with Gasteiger partial charge in [0, 0.05) is 31.9 Å². The summed E-state index contributed by atoms with van der Waals surface area (Å²) in [7, 11) is 3.40. The number of anilines is 1. The molecule has 1 aliphatic rings. The largest absolute Gasteiger partial charge is 0.466 e. The maximum absolute atomic E-state index is 13.5. The minimum absolute atomic E-state index is 0.0282. The Bertz CT molecular complexity index is 1520. The van der Waals surface area contributed by atoms with Crippen LogP contribution in [0.2, 0.25) is 0 Å². The van der Waals surface area contributed by atoms with Crippen LogP contribution >= 0.6 is 0 Å². The lowest BCUT2D eigenvalue weighted by Gasteiger charge is -2.28. The molecule has 5 rings (SSSR count). The Morgan fingerprint density at radius 2 is 2.03 bits per heavy atom. The molecule has 35 heavy (non-hydrogen) atoms. The van der Waals surface area contributed by atoms with Crippen LogP contribution in [0.25, 0.3) is 22.1 Å². The molecule has 1 aromatic carbocycles. The van der Waals surface area contributed by atoms with Crippen molar-refractivity contribution in [1.82, 2.24) is 23.7 Å². The van der Waals surface area contributed by atoms with Crippen LogP contribution < -0.4 is 16.6 Å². The third-order valence-electron chi connectivity index (χ3n) is 6.95. The van der Waals surface area contributed by atoms with Crippen molar-refractivity contribution in [2.75, 3.05) is 11.9 Å². The number of H-pyrrole nitrogens is 1. The molecule has 0 spiro atoms. The molecule has 0 saturated heterocycles. The molecule has 10 heteroatoms. The number of benzene rings is 1. The van der Waals surface area contributed by atoms with E-state index in [9.17, 15) is 14.4 Å². The Labute approximate surface area is 201 Å². The van der Waals surface area contributed by atoms with Crippen molar-refractivity contribution in [1.29, 1.82) is 0 Å². The van der Waals surface area contributed by atoms with Crippen molar-refractivity contribution in [3.8, 4) is 0 Å². The van der Waals surface area contributed by atoms with Crippen LogP contribution in [0.15, 0.2) is 40.1 Å². The van der Waals surface area contributed by atoms with Gasteiger partial charge in [-0.15, -0.1) is 0 Å². The summed E-state index contributed by atoms with van der Waals surface area (Å²) >= 11 is 0. The fraction of sp³-hybridized carbons (Fsp3) is 0.440. The molecule has 4 aromatic rings. The highest BCUT2D eigenvalue weighted by Gasteiger charge is 2.29. The first-order valence-electron chi connectivity index (χ1n) is 12.0. The van der Waals surface area contributed by atoms with E-state index in [4.69, 9.17) is 4.74 Å². The Morgan fingerprint density at radius 1 is 1.20 bits per heavy atom. The number of rotatable bonds is 6. The van der Waals surface area contributed by atoms with Crippen molar-refractivity contribution in [2.45, 2.75) is 45.2 Å². The number of carbonyl (C=O) groups is 1. The van der Waals surface area contributed by atoms with Gasteiger partial charge < -0.3 is 19.6 Å². The number of imidazole rings is 1. The first-order chi connectivity index (χ1) is 16.9. The van der Waals surface area contributed by atoms with Crippen LogP contribution in [0, 0.1) is 5.92 Å². The molecule has 184 valence electrons. The molecular formula is C25H30N6O4. The standard InChI is InChI=1S/C25H30N6O4/c1-4-35-23(33)17-6-5-7-18(13-17)27-24-28-21-20(29(24)2)22(32)31(25(34)30(21)3)14-15-8-9-16-10-11-26-19(16)12-15/h8-12,17-18,26H,4-7,13-14H2,1-3H3,(H,27,28). The summed E-state index contributed by atoms with van der Waals surface area (Å²) in [4.78, 5) is 46.5. The highest BCUT2D eigenvalue weighted by Crippen LogP contribution is 2.28. The minimum atomic E-state index is -0.418. The molecule has 10 nitrogen and oxygen atoms in total. The molecule has 3 heterocycles. The van der Waals surface area contributed by atoms with Gasteiger partial charge in [0.05, 0.1) is 19.1 Å². The predicted molar refractivity (Wildman–Crippen MR) is 134 cm³/mol. The number of aromatic nitrogens is 5. The molecular weight excluding hydrogens is 448 g/mol. The number of hydrogen-bond donors (Lipinski definition) is 2. The Kier molecular flexibility index (Phi) is 5.96. The summed E-state index contributed by atoms with van der Waals surface area (Å²) in [6, 6.07) is 7.84. The van der Waals surface area contributed by atoms with Crippen molar-refractivity contribution in [3.05, 3.63) is 56.9 Å². The number of ether oxygens (including phenoxy) is 1. The Morgan fingerprint density at radius 3 is 2.83 bits per heavy atom. The monoisotopic (exact) mass is 478 g/mol. The van der Waals surface area contributed by atoms with E-state index >= 15 is 0 Å². The van der Waals surface area contributed by atoms with E-state index in [0.29, 0.717) is 30.1 Å². The van der Waals surface area contributed by atoms with E-state index in [0.717, 1.165) is 35.7 Å². The number of nitrogens with one attached hydrogen (secondary N) is 2. The van der Waals surface area contributed by atoms with Crippen molar-refractivity contribution >= 4 is 34.0 Å². The van der Waals surface area contributed by atoms with Gasteiger partial charge in [0.2, 0.25) is 5.95 Å². The van der Waals surface area contributed by atoms with Gasteiger partial charge in [-0.25, -0.2) is 4.79 Å². The molecule has 0 radical (unpaired) electrons. The van der Waals surface area contributed by atoms with Crippen molar-refractivity contribution in [2.24, 2.45) is 20.0 Å². The first-order valence-corrected chi connectivity index (χ1v) is 12.0. The maximum Gasteiger partial charge on any atom is 0.332 e.